The third kappa shape index (κ3) is 6.98. The van der Waals surface area contributed by atoms with E-state index in [1.54, 1.807) is 18.2 Å². The van der Waals surface area contributed by atoms with Crippen molar-refractivity contribution in [2.45, 2.75) is 32.9 Å². The number of ether oxygens (including phenoxy) is 1. The van der Waals surface area contributed by atoms with Crippen LogP contribution in [-0.4, -0.2) is 43.0 Å². The number of nitrogens with one attached hydrogen (secondary N) is 3. The predicted octanol–water partition coefficient (Wildman–Crippen LogP) is 2.22. The van der Waals surface area contributed by atoms with Gasteiger partial charge >= 0.3 is 6.03 Å². The van der Waals surface area contributed by atoms with Crippen LogP contribution in [0.25, 0.3) is 0 Å². The van der Waals surface area contributed by atoms with Crippen LogP contribution in [0.15, 0.2) is 18.2 Å². The van der Waals surface area contributed by atoms with Gasteiger partial charge in [0.25, 0.3) is 0 Å². The summed E-state index contributed by atoms with van der Waals surface area (Å²) in [6, 6.07) is 4.97. The predicted molar refractivity (Wildman–Crippen MR) is 88.8 cm³/mol. The number of halogens is 1. The first kappa shape index (κ1) is 18.5. The summed E-state index contributed by atoms with van der Waals surface area (Å²) in [7, 11) is 0. The lowest BCUT2D eigenvalue weighted by Gasteiger charge is -2.16. The standard InChI is InChI=1S/C15H24ClN3O3/c1-4-17-15(21)19-11-5-6-14(13(16)7-11)22-9-12(20)8-18-10(2)3/h5-7,10,12,18,20H,4,8-9H2,1-3H3,(H2,17,19,21)/t12-/m0/s1. The van der Waals surface area contributed by atoms with Crippen molar-refractivity contribution in [2.24, 2.45) is 0 Å². The van der Waals surface area contributed by atoms with Gasteiger partial charge in [0.1, 0.15) is 18.5 Å². The molecule has 1 rings (SSSR count). The van der Waals surface area contributed by atoms with Crippen LogP contribution in [0, 0.1) is 0 Å². The summed E-state index contributed by atoms with van der Waals surface area (Å²) in [6.07, 6.45) is -0.619. The molecular weight excluding hydrogens is 306 g/mol. The number of urea groups is 1. The molecule has 2 amide bonds. The fourth-order valence-electron chi connectivity index (χ4n) is 1.65. The SMILES string of the molecule is CCNC(=O)Nc1ccc(OC[C@@H](O)CNC(C)C)c(Cl)c1. The minimum Gasteiger partial charge on any atom is -0.489 e. The summed E-state index contributed by atoms with van der Waals surface area (Å²) in [4.78, 5) is 11.4. The molecule has 0 radical (unpaired) electrons. The molecule has 1 aromatic carbocycles. The van der Waals surface area contributed by atoms with Crippen LogP contribution in [0.5, 0.6) is 5.75 Å². The van der Waals surface area contributed by atoms with Crippen LogP contribution >= 0.6 is 11.6 Å². The van der Waals surface area contributed by atoms with Crippen LogP contribution in [0.4, 0.5) is 10.5 Å². The van der Waals surface area contributed by atoms with E-state index in [9.17, 15) is 9.90 Å². The van der Waals surface area contributed by atoms with Gasteiger partial charge in [0, 0.05) is 24.8 Å². The smallest absolute Gasteiger partial charge is 0.319 e. The average molecular weight is 330 g/mol. The number of amides is 2. The van der Waals surface area contributed by atoms with Crippen LogP contribution in [0.2, 0.25) is 5.02 Å². The van der Waals surface area contributed by atoms with Crippen LogP contribution in [0.3, 0.4) is 0 Å². The largest absolute Gasteiger partial charge is 0.489 e. The number of hydrogen-bond acceptors (Lipinski definition) is 4. The molecule has 0 fully saturated rings. The second-order valence-corrected chi connectivity index (χ2v) is 5.56. The van der Waals surface area contributed by atoms with E-state index in [-0.39, 0.29) is 12.6 Å². The summed E-state index contributed by atoms with van der Waals surface area (Å²) >= 11 is 6.11. The van der Waals surface area contributed by atoms with Crippen molar-refractivity contribution in [3.05, 3.63) is 23.2 Å². The average Bonchev–Trinajstić information content (AvgIpc) is 2.44. The number of hydrogen-bond donors (Lipinski definition) is 4. The first-order valence-electron chi connectivity index (χ1n) is 7.31. The molecule has 0 heterocycles. The first-order valence-corrected chi connectivity index (χ1v) is 7.68. The monoisotopic (exact) mass is 329 g/mol. The van der Waals surface area contributed by atoms with Crippen molar-refractivity contribution in [3.8, 4) is 5.75 Å². The van der Waals surface area contributed by atoms with E-state index in [2.05, 4.69) is 16.0 Å². The summed E-state index contributed by atoms with van der Waals surface area (Å²) < 4.78 is 5.49. The van der Waals surface area contributed by atoms with E-state index in [4.69, 9.17) is 16.3 Å². The highest BCUT2D eigenvalue weighted by molar-refractivity contribution is 6.32. The summed E-state index contributed by atoms with van der Waals surface area (Å²) in [6.45, 7) is 6.98. The maximum absolute atomic E-state index is 11.4. The normalized spacial score (nSPS) is 12.1. The van der Waals surface area contributed by atoms with Gasteiger partial charge in [-0.1, -0.05) is 25.4 Å². The van der Waals surface area contributed by atoms with E-state index >= 15 is 0 Å². The molecule has 0 bridgehead atoms. The van der Waals surface area contributed by atoms with E-state index in [0.717, 1.165) is 0 Å². The molecule has 4 N–H and O–H groups in total. The molecule has 0 saturated heterocycles. The lowest BCUT2D eigenvalue weighted by Crippen LogP contribution is -2.35. The van der Waals surface area contributed by atoms with E-state index in [1.165, 1.54) is 0 Å². The van der Waals surface area contributed by atoms with Gasteiger partial charge < -0.3 is 25.8 Å². The second kappa shape index (κ2) is 9.50. The van der Waals surface area contributed by atoms with Gasteiger partial charge in [0.2, 0.25) is 0 Å². The van der Waals surface area contributed by atoms with Gasteiger partial charge in [0.15, 0.2) is 0 Å². The Kier molecular flexibility index (Phi) is 8.01. The topological polar surface area (TPSA) is 82.6 Å². The Hall–Kier alpha value is -1.50. The van der Waals surface area contributed by atoms with E-state index < -0.39 is 6.10 Å². The lowest BCUT2D eigenvalue weighted by atomic mass is 10.3. The number of carbonyl (C=O) groups is 1. The quantitative estimate of drug-likeness (QED) is 0.589. The van der Waals surface area contributed by atoms with Crippen LogP contribution in [-0.2, 0) is 0 Å². The molecule has 0 aliphatic heterocycles. The minimum absolute atomic E-state index is 0.141. The zero-order chi connectivity index (χ0) is 16.5. The molecular formula is C15H24ClN3O3. The van der Waals surface area contributed by atoms with Gasteiger partial charge in [0.05, 0.1) is 5.02 Å². The lowest BCUT2D eigenvalue weighted by molar-refractivity contribution is 0.105. The maximum atomic E-state index is 11.4. The highest BCUT2D eigenvalue weighted by Gasteiger charge is 2.09. The molecule has 1 aromatic rings. The molecule has 0 aromatic heterocycles. The fourth-order valence-corrected chi connectivity index (χ4v) is 1.88. The van der Waals surface area contributed by atoms with Crippen LogP contribution in [0.1, 0.15) is 20.8 Å². The molecule has 0 spiro atoms. The molecule has 7 heteroatoms. The summed E-state index contributed by atoms with van der Waals surface area (Å²) in [5.41, 5.74) is 0.574. The van der Waals surface area contributed by atoms with Crippen molar-refractivity contribution >= 4 is 23.3 Å². The first-order chi connectivity index (χ1) is 10.4. The minimum atomic E-state index is -0.619. The highest BCUT2D eigenvalue weighted by atomic mass is 35.5. The Balaban J connectivity index is 2.50. The molecule has 6 nitrogen and oxygen atoms in total. The third-order valence-electron chi connectivity index (χ3n) is 2.72. The maximum Gasteiger partial charge on any atom is 0.319 e. The Morgan fingerprint density at radius 1 is 1.41 bits per heavy atom. The van der Waals surface area contributed by atoms with Crippen molar-refractivity contribution in [1.82, 2.24) is 10.6 Å². The number of carbonyl (C=O) groups excluding carboxylic acids is 1. The molecule has 0 aliphatic rings. The Bertz CT molecular complexity index is 483. The zero-order valence-corrected chi connectivity index (χ0v) is 13.9. The van der Waals surface area contributed by atoms with Crippen molar-refractivity contribution < 1.29 is 14.6 Å². The molecule has 0 aliphatic carbocycles. The number of benzene rings is 1. The fraction of sp³-hybridized carbons (Fsp3) is 0.533. The number of aliphatic hydroxyl groups is 1. The van der Waals surface area contributed by atoms with Crippen molar-refractivity contribution in [3.63, 3.8) is 0 Å². The summed E-state index contributed by atoms with van der Waals surface area (Å²) in [5, 5.41) is 18.6. The Morgan fingerprint density at radius 2 is 2.14 bits per heavy atom. The van der Waals surface area contributed by atoms with Gasteiger partial charge in [-0.25, -0.2) is 4.79 Å². The highest BCUT2D eigenvalue weighted by Crippen LogP contribution is 2.27. The van der Waals surface area contributed by atoms with Gasteiger partial charge in [-0.05, 0) is 25.1 Å². The number of anilines is 1. The van der Waals surface area contributed by atoms with Gasteiger partial charge in [-0.2, -0.15) is 0 Å². The number of aliphatic hydroxyl groups excluding tert-OH is 1. The molecule has 22 heavy (non-hydrogen) atoms. The van der Waals surface area contributed by atoms with E-state index in [0.29, 0.717) is 35.6 Å². The van der Waals surface area contributed by atoms with Crippen molar-refractivity contribution in [1.29, 1.82) is 0 Å². The second-order valence-electron chi connectivity index (χ2n) is 5.16. The Labute approximate surface area is 136 Å². The van der Waals surface area contributed by atoms with E-state index in [1.807, 2.05) is 20.8 Å². The Morgan fingerprint density at radius 3 is 2.73 bits per heavy atom. The summed E-state index contributed by atoms with van der Waals surface area (Å²) in [5.74, 6) is 0.465. The van der Waals surface area contributed by atoms with Crippen molar-refractivity contribution in [2.75, 3.05) is 25.0 Å². The molecule has 0 saturated carbocycles. The van der Waals surface area contributed by atoms with Gasteiger partial charge in [-0.15, -0.1) is 0 Å². The molecule has 124 valence electrons. The molecule has 1 atom stereocenters. The number of rotatable bonds is 8. The zero-order valence-electron chi connectivity index (χ0n) is 13.1. The third-order valence-corrected chi connectivity index (χ3v) is 3.02. The van der Waals surface area contributed by atoms with Crippen LogP contribution < -0.4 is 20.7 Å². The molecule has 0 unspecified atom stereocenters. The van der Waals surface area contributed by atoms with Gasteiger partial charge in [-0.3, -0.25) is 0 Å².